The van der Waals surface area contributed by atoms with Crippen LogP contribution in [0.1, 0.15) is 18.4 Å². The van der Waals surface area contributed by atoms with E-state index in [9.17, 15) is 18.3 Å². The van der Waals surface area contributed by atoms with Crippen LogP contribution in [-0.2, 0) is 15.0 Å². The van der Waals surface area contributed by atoms with Crippen LogP contribution in [0.15, 0.2) is 18.2 Å². The summed E-state index contributed by atoms with van der Waals surface area (Å²) in [5.41, 5.74) is 0.929. The van der Waals surface area contributed by atoms with Crippen molar-refractivity contribution in [3.63, 3.8) is 0 Å². The number of carboxylic acids is 1. The Hall–Kier alpha value is -1.80. The minimum absolute atomic E-state index is 0.112. The SMILES string of the molecule is Cc1ccc(NS(=O)(=O)N2CCC(C(=O)O)CC2)c(O)c1. The molecule has 1 aromatic carbocycles. The van der Waals surface area contributed by atoms with E-state index in [-0.39, 0.29) is 37.4 Å². The zero-order valence-electron chi connectivity index (χ0n) is 11.6. The van der Waals surface area contributed by atoms with Crippen LogP contribution in [0.3, 0.4) is 0 Å². The molecular formula is C13H18N2O5S. The number of carbonyl (C=O) groups is 1. The Morgan fingerprint density at radius 2 is 1.95 bits per heavy atom. The van der Waals surface area contributed by atoms with Crippen molar-refractivity contribution in [2.45, 2.75) is 19.8 Å². The highest BCUT2D eigenvalue weighted by molar-refractivity contribution is 7.90. The molecule has 1 saturated heterocycles. The number of hydrogen-bond acceptors (Lipinski definition) is 4. The molecule has 1 aliphatic rings. The van der Waals surface area contributed by atoms with Crippen LogP contribution in [0, 0.1) is 12.8 Å². The molecule has 0 spiro atoms. The van der Waals surface area contributed by atoms with Gasteiger partial charge in [0.1, 0.15) is 5.75 Å². The van der Waals surface area contributed by atoms with Gasteiger partial charge in [-0.1, -0.05) is 6.07 Å². The van der Waals surface area contributed by atoms with Crippen LogP contribution in [0.5, 0.6) is 5.75 Å². The average Bonchev–Trinajstić information content (AvgIpc) is 2.42. The number of aromatic hydroxyl groups is 1. The van der Waals surface area contributed by atoms with Gasteiger partial charge in [0.05, 0.1) is 11.6 Å². The van der Waals surface area contributed by atoms with Gasteiger partial charge in [-0.05, 0) is 37.5 Å². The van der Waals surface area contributed by atoms with Gasteiger partial charge in [0, 0.05) is 13.1 Å². The Kier molecular flexibility index (Phi) is 4.38. The number of hydrogen-bond donors (Lipinski definition) is 3. The maximum atomic E-state index is 12.2. The minimum Gasteiger partial charge on any atom is -0.506 e. The number of aryl methyl sites for hydroxylation is 1. The van der Waals surface area contributed by atoms with Crippen LogP contribution in [-0.4, -0.2) is 42.0 Å². The highest BCUT2D eigenvalue weighted by Gasteiger charge is 2.31. The van der Waals surface area contributed by atoms with Gasteiger partial charge in [-0.2, -0.15) is 12.7 Å². The largest absolute Gasteiger partial charge is 0.506 e. The lowest BCUT2D eigenvalue weighted by Crippen LogP contribution is -2.42. The van der Waals surface area contributed by atoms with E-state index < -0.39 is 22.1 Å². The van der Waals surface area contributed by atoms with E-state index in [1.807, 2.05) is 0 Å². The Bertz CT molecular complexity index is 636. The van der Waals surface area contributed by atoms with E-state index in [1.54, 1.807) is 13.0 Å². The number of rotatable bonds is 4. The molecule has 116 valence electrons. The fourth-order valence-corrected chi connectivity index (χ4v) is 3.55. The van der Waals surface area contributed by atoms with Crippen molar-refractivity contribution in [2.24, 2.45) is 5.92 Å². The molecule has 0 aromatic heterocycles. The van der Waals surface area contributed by atoms with E-state index in [4.69, 9.17) is 5.11 Å². The molecule has 1 fully saturated rings. The number of anilines is 1. The van der Waals surface area contributed by atoms with Crippen LogP contribution < -0.4 is 4.72 Å². The van der Waals surface area contributed by atoms with E-state index >= 15 is 0 Å². The molecule has 21 heavy (non-hydrogen) atoms. The van der Waals surface area contributed by atoms with Crippen molar-refractivity contribution in [1.82, 2.24) is 4.31 Å². The van der Waals surface area contributed by atoms with Gasteiger partial charge >= 0.3 is 16.2 Å². The Balaban J connectivity index is 2.07. The van der Waals surface area contributed by atoms with E-state index in [0.717, 1.165) is 5.56 Å². The van der Waals surface area contributed by atoms with Crippen molar-refractivity contribution in [2.75, 3.05) is 17.8 Å². The molecule has 0 radical (unpaired) electrons. The molecule has 8 heteroatoms. The Morgan fingerprint density at radius 1 is 1.33 bits per heavy atom. The van der Waals surface area contributed by atoms with Gasteiger partial charge in [0.2, 0.25) is 0 Å². The molecule has 2 rings (SSSR count). The highest BCUT2D eigenvalue weighted by Crippen LogP contribution is 2.27. The standard InChI is InChI=1S/C13H18N2O5S/c1-9-2-3-11(12(16)8-9)14-21(19,20)15-6-4-10(5-7-15)13(17)18/h2-3,8,10,14,16H,4-7H2,1H3,(H,17,18). The number of piperidine rings is 1. The topological polar surface area (TPSA) is 107 Å². The Morgan fingerprint density at radius 3 is 2.48 bits per heavy atom. The summed E-state index contributed by atoms with van der Waals surface area (Å²) in [4.78, 5) is 10.9. The van der Waals surface area contributed by atoms with Gasteiger partial charge < -0.3 is 10.2 Å². The normalized spacial score (nSPS) is 17.6. The first-order valence-corrected chi connectivity index (χ1v) is 8.04. The number of carboxylic acid groups (broad SMARTS) is 1. The summed E-state index contributed by atoms with van der Waals surface area (Å²) in [6.07, 6.45) is 0.576. The maximum absolute atomic E-state index is 12.2. The first-order valence-electron chi connectivity index (χ1n) is 6.60. The summed E-state index contributed by atoms with van der Waals surface area (Å²) in [6.45, 7) is 2.09. The molecule has 0 atom stereocenters. The number of aliphatic carboxylic acids is 1. The lowest BCUT2D eigenvalue weighted by molar-refractivity contribution is -0.142. The molecule has 0 bridgehead atoms. The van der Waals surface area contributed by atoms with Crippen LogP contribution in [0.2, 0.25) is 0 Å². The number of nitrogens with one attached hydrogen (secondary N) is 1. The number of phenolic OH excluding ortho intramolecular Hbond substituents is 1. The highest BCUT2D eigenvalue weighted by atomic mass is 32.2. The van der Waals surface area contributed by atoms with Crippen molar-refractivity contribution in [3.05, 3.63) is 23.8 Å². The number of benzene rings is 1. The van der Waals surface area contributed by atoms with Gasteiger partial charge in [0.15, 0.2) is 0 Å². The number of nitrogens with zero attached hydrogens (tertiary/aromatic N) is 1. The summed E-state index contributed by atoms with van der Waals surface area (Å²) in [6, 6.07) is 4.65. The second-order valence-corrected chi connectivity index (χ2v) is 6.81. The third kappa shape index (κ3) is 3.64. The van der Waals surface area contributed by atoms with Crippen LogP contribution >= 0.6 is 0 Å². The van der Waals surface area contributed by atoms with Gasteiger partial charge in [-0.25, -0.2) is 0 Å². The lowest BCUT2D eigenvalue weighted by atomic mass is 9.99. The first-order chi connectivity index (χ1) is 9.79. The van der Waals surface area contributed by atoms with E-state index in [1.165, 1.54) is 16.4 Å². The second kappa shape index (κ2) is 5.90. The lowest BCUT2D eigenvalue weighted by Gasteiger charge is -2.29. The average molecular weight is 314 g/mol. The third-order valence-corrected chi connectivity index (χ3v) is 5.06. The second-order valence-electron chi connectivity index (χ2n) is 5.14. The van der Waals surface area contributed by atoms with E-state index in [2.05, 4.69) is 4.72 Å². The maximum Gasteiger partial charge on any atom is 0.306 e. The smallest absolute Gasteiger partial charge is 0.306 e. The van der Waals surface area contributed by atoms with Crippen LogP contribution in [0.25, 0.3) is 0 Å². The molecule has 0 aliphatic carbocycles. The predicted octanol–water partition coefficient (Wildman–Crippen LogP) is 1.15. The third-order valence-electron chi connectivity index (χ3n) is 3.54. The molecular weight excluding hydrogens is 296 g/mol. The van der Waals surface area contributed by atoms with Crippen LogP contribution in [0.4, 0.5) is 5.69 Å². The fourth-order valence-electron chi connectivity index (χ4n) is 2.27. The summed E-state index contributed by atoms with van der Waals surface area (Å²) < 4.78 is 28.0. The summed E-state index contributed by atoms with van der Waals surface area (Å²) in [7, 11) is -3.79. The molecule has 0 unspecified atom stereocenters. The van der Waals surface area contributed by atoms with Crippen molar-refractivity contribution in [1.29, 1.82) is 0 Å². The molecule has 3 N–H and O–H groups in total. The minimum atomic E-state index is -3.79. The van der Waals surface area contributed by atoms with Crippen molar-refractivity contribution >= 4 is 21.9 Å². The molecule has 1 aliphatic heterocycles. The quantitative estimate of drug-likeness (QED) is 0.723. The van der Waals surface area contributed by atoms with Gasteiger partial charge in [-0.3, -0.25) is 9.52 Å². The fraction of sp³-hybridized carbons (Fsp3) is 0.462. The Labute approximate surface area is 123 Å². The first kappa shape index (κ1) is 15.6. The summed E-state index contributed by atoms with van der Waals surface area (Å²) >= 11 is 0. The zero-order chi connectivity index (χ0) is 15.6. The molecule has 1 heterocycles. The van der Waals surface area contributed by atoms with E-state index in [0.29, 0.717) is 0 Å². The number of phenols is 1. The monoisotopic (exact) mass is 314 g/mol. The molecule has 7 nitrogen and oxygen atoms in total. The van der Waals surface area contributed by atoms with Gasteiger partial charge in [0.25, 0.3) is 0 Å². The van der Waals surface area contributed by atoms with Crippen molar-refractivity contribution in [3.8, 4) is 5.75 Å². The zero-order valence-corrected chi connectivity index (χ0v) is 12.4. The van der Waals surface area contributed by atoms with Crippen molar-refractivity contribution < 1.29 is 23.4 Å². The molecule has 0 amide bonds. The summed E-state index contributed by atoms with van der Waals surface area (Å²) in [5.74, 6) is -1.53. The predicted molar refractivity (Wildman–Crippen MR) is 77.3 cm³/mol. The van der Waals surface area contributed by atoms with Gasteiger partial charge in [-0.15, -0.1) is 0 Å². The molecule has 1 aromatic rings. The molecule has 0 saturated carbocycles. The summed E-state index contributed by atoms with van der Waals surface area (Å²) in [5, 5.41) is 18.7.